The molecule has 0 radical (unpaired) electrons. The second-order valence-corrected chi connectivity index (χ2v) is 5.63. The standard InChI is InChI=1S/C11H19N3S2/c1-10(9-15)8-13-3-5-14(6-4-13)11-12-2-7-16-11/h2,7,10,15H,3-6,8-9H2,1H3. The summed E-state index contributed by atoms with van der Waals surface area (Å²) in [4.78, 5) is 9.27. The van der Waals surface area contributed by atoms with Gasteiger partial charge in [-0.1, -0.05) is 6.92 Å². The van der Waals surface area contributed by atoms with Crippen LogP contribution < -0.4 is 4.90 Å². The lowest BCUT2D eigenvalue weighted by molar-refractivity contribution is 0.233. The molecule has 2 rings (SSSR count). The molecule has 1 saturated heterocycles. The summed E-state index contributed by atoms with van der Waals surface area (Å²) in [5.41, 5.74) is 0. The van der Waals surface area contributed by atoms with Crippen LogP contribution in [0.5, 0.6) is 0 Å². The first-order valence-corrected chi connectivity index (χ1v) is 7.28. The van der Waals surface area contributed by atoms with E-state index in [1.165, 1.54) is 11.7 Å². The van der Waals surface area contributed by atoms with Crippen LogP contribution in [0.1, 0.15) is 6.92 Å². The van der Waals surface area contributed by atoms with Crippen LogP contribution in [0.15, 0.2) is 11.6 Å². The van der Waals surface area contributed by atoms with Crippen LogP contribution in [0.25, 0.3) is 0 Å². The highest BCUT2D eigenvalue weighted by Crippen LogP contribution is 2.19. The Morgan fingerprint density at radius 2 is 2.19 bits per heavy atom. The Morgan fingerprint density at radius 3 is 2.75 bits per heavy atom. The zero-order chi connectivity index (χ0) is 11.4. The number of aromatic nitrogens is 1. The van der Waals surface area contributed by atoms with E-state index in [1.54, 1.807) is 11.3 Å². The average Bonchev–Trinajstić information content (AvgIpc) is 2.83. The predicted octanol–water partition coefficient (Wildman–Crippen LogP) is 1.83. The maximum Gasteiger partial charge on any atom is 0.185 e. The number of thiol groups is 1. The third-order valence-electron chi connectivity index (χ3n) is 2.94. The SMILES string of the molecule is CC(CS)CN1CCN(c2nccs2)CC1. The molecular formula is C11H19N3S2. The molecule has 0 aliphatic carbocycles. The highest BCUT2D eigenvalue weighted by atomic mass is 32.1. The summed E-state index contributed by atoms with van der Waals surface area (Å²) in [5, 5.41) is 3.21. The molecule has 1 fully saturated rings. The van der Waals surface area contributed by atoms with Crippen molar-refractivity contribution in [3.05, 3.63) is 11.6 Å². The molecule has 1 aromatic rings. The Morgan fingerprint density at radius 1 is 1.44 bits per heavy atom. The lowest BCUT2D eigenvalue weighted by atomic mass is 10.2. The van der Waals surface area contributed by atoms with Crippen molar-refractivity contribution in [2.45, 2.75) is 6.92 Å². The van der Waals surface area contributed by atoms with Gasteiger partial charge < -0.3 is 4.90 Å². The average molecular weight is 257 g/mol. The fraction of sp³-hybridized carbons (Fsp3) is 0.727. The summed E-state index contributed by atoms with van der Waals surface area (Å²) in [6, 6.07) is 0. The molecule has 5 heteroatoms. The number of rotatable bonds is 4. The van der Waals surface area contributed by atoms with Gasteiger partial charge in [0.2, 0.25) is 0 Å². The van der Waals surface area contributed by atoms with E-state index in [1.807, 2.05) is 11.6 Å². The number of hydrogen-bond donors (Lipinski definition) is 1. The van der Waals surface area contributed by atoms with E-state index in [2.05, 4.69) is 34.3 Å². The summed E-state index contributed by atoms with van der Waals surface area (Å²) in [5.74, 6) is 1.67. The van der Waals surface area contributed by atoms with Crippen LogP contribution >= 0.6 is 24.0 Å². The van der Waals surface area contributed by atoms with Gasteiger partial charge in [0.25, 0.3) is 0 Å². The van der Waals surface area contributed by atoms with Gasteiger partial charge in [-0.2, -0.15) is 12.6 Å². The Hall–Kier alpha value is -0.260. The van der Waals surface area contributed by atoms with Gasteiger partial charge in [-0.3, -0.25) is 4.90 Å². The Balaban J connectivity index is 1.78. The monoisotopic (exact) mass is 257 g/mol. The minimum absolute atomic E-state index is 0.690. The van der Waals surface area contributed by atoms with E-state index in [4.69, 9.17) is 0 Å². The van der Waals surface area contributed by atoms with Crippen molar-refractivity contribution in [2.75, 3.05) is 43.4 Å². The van der Waals surface area contributed by atoms with Gasteiger partial charge in [-0.05, 0) is 11.7 Å². The van der Waals surface area contributed by atoms with Crippen LogP contribution in [0.2, 0.25) is 0 Å². The quantitative estimate of drug-likeness (QED) is 0.831. The molecule has 0 bridgehead atoms. The van der Waals surface area contributed by atoms with Gasteiger partial charge in [-0.15, -0.1) is 11.3 Å². The molecule has 16 heavy (non-hydrogen) atoms. The number of piperazine rings is 1. The van der Waals surface area contributed by atoms with Crippen LogP contribution in [0.3, 0.4) is 0 Å². The van der Waals surface area contributed by atoms with Crippen molar-refractivity contribution in [2.24, 2.45) is 5.92 Å². The second-order valence-electron chi connectivity index (χ2n) is 4.39. The molecule has 0 amide bonds. The molecule has 1 aromatic heterocycles. The predicted molar refractivity (Wildman–Crippen MR) is 73.8 cm³/mol. The molecule has 0 aromatic carbocycles. The van der Waals surface area contributed by atoms with E-state index in [0.29, 0.717) is 5.92 Å². The Labute approximate surface area is 107 Å². The molecule has 0 spiro atoms. The molecule has 3 nitrogen and oxygen atoms in total. The van der Waals surface area contributed by atoms with Gasteiger partial charge in [0.15, 0.2) is 5.13 Å². The van der Waals surface area contributed by atoms with Crippen LogP contribution in [0, 0.1) is 5.92 Å². The lowest BCUT2D eigenvalue weighted by Gasteiger charge is -2.35. The number of nitrogens with zero attached hydrogens (tertiary/aromatic N) is 3. The van der Waals surface area contributed by atoms with Crippen molar-refractivity contribution in [1.29, 1.82) is 0 Å². The van der Waals surface area contributed by atoms with Crippen LogP contribution in [-0.2, 0) is 0 Å². The zero-order valence-electron chi connectivity index (χ0n) is 9.67. The van der Waals surface area contributed by atoms with Gasteiger partial charge >= 0.3 is 0 Å². The largest absolute Gasteiger partial charge is 0.346 e. The van der Waals surface area contributed by atoms with Gasteiger partial charge in [0, 0.05) is 44.3 Å². The van der Waals surface area contributed by atoms with E-state index >= 15 is 0 Å². The van der Waals surface area contributed by atoms with Gasteiger partial charge in [0.05, 0.1) is 0 Å². The number of thiazole rings is 1. The number of anilines is 1. The molecule has 90 valence electrons. The molecule has 0 N–H and O–H groups in total. The maximum absolute atomic E-state index is 4.36. The van der Waals surface area contributed by atoms with Gasteiger partial charge in [0.1, 0.15) is 0 Å². The van der Waals surface area contributed by atoms with Crippen molar-refractivity contribution in [3.8, 4) is 0 Å². The van der Waals surface area contributed by atoms with Crippen molar-refractivity contribution >= 4 is 29.1 Å². The lowest BCUT2D eigenvalue weighted by Crippen LogP contribution is -2.47. The van der Waals surface area contributed by atoms with E-state index in [0.717, 1.165) is 31.9 Å². The smallest absolute Gasteiger partial charge is 0.185 e. The fourth-order valence-electron chi connectivity index (χ4n) is 1.99. The third-order valence-corrected chi connectivity index (χ3v) is 4.40. The highest BCUT2D eigenvalue weighted by molar-refractivity contribution is 7.80. The first-order valence-electron chi connectivity index (χ1n) is 5.77. The normalized spacial score (nSPS) is 20.0. The van der Waals surface area contributed by atoms with Crippen molar-refractivity contribution < 1.29 is 0 Å². The molecule has 1 aliphatic heterocycles. The van der Waals surface area contributed by atoms with E-state index in [9.17, 15) is 0 Å². The topological polar surface area (TPSA) is 19.4 Å². The zero-order valence-corrected chi connectivity index (χ0v) is 11.4. The Kier molecular flexibility index (Phi) is 4.49. The van der Waals surface area contributed by atoms with Crippen molar-refractivity contribution in [1.82, 2.24) is 9.88 Å². The van der Waals surface area contributed by atoms with Crippen molar-refractivity contribution in [3.63, 3.8) is 0 Å². The first kappa shape index (κ1) is 12.2. The summed E-state index contributed by atoms with van der Waals surface area (Å²) >= 11 is 6.07. The maximum atomic E-state index is 4.36. The summed E-state index contributed by atoms with van der Waals surface area (Å²) in [6.07, 6.45) is 1.88. The summed E-state index contributed by atoms with van der Waals surface area (Å²) in [7, 11) is 0. The Bertz CT molecular complexity index is 294. The van der Waals surface area contributed by atoms with Gasteiger partial charge in [-0.25, -0.2) is 4.98 Å². The molecule has 1 atom stereocenters. The van der Waals surface area contributed by atoms with E-state index in [-0.39, 0.29) is 0 Å². The highest BCUT2D eigenvalue weighted by Gasteiger charge is 2.19. The minimum Gasteiger partial charge on any atom is -0.346 e. The third kappa shape index (κ3) is 3.12. The van der Waals surface area contributed by atoms with Crippen LogP contribution in [0.4, 0.5) is 5.13 Å². The molecule has 1 unspecified atom stereocenters. The summed E-state index contributed by atoms with van der Waals surface area (Å²) in [6.45, 7) is 7.95. The van der Waals surface area contributed by atoms with E-state index < -0.39 is 0 Å². The fourth-order valence-corrected chi connectivity index (χ4v) is 2.80. The molecule has 2 heterocycles. The minimum atomic E-state index is 0.690. The molecule has 0 saturated carbocycles. The molecule has 1 aliphatic rings. The number of hydrogen-bond acceptors (Lipinski definition) is 5. The first-order chi connectivity index (χ1) is 7.79. The van der Waals surface area contributed by atoms with Crippen LogP contribution in [-0.4, -0.2) is 48.4 Å². The molecular weight excluding hydrogens is 238 g/mol. The summed E-state index contributed by atoms with van der Waals surface area (Å²) < 4.78 is 0. The second kappa shape index (κ2) is 5.89.